The van der Waals surface area contributed by atoms with Crippen molar-refractivity contribution in [1.29, 1.82) is 0 Å². The largest absolute Gasteiger partial charge is 0.444 e. The summed E-state index contributed by atoms with van der Waals surface area (Å²) in [6.45, 7) is 11.7. The van der Waals surface area contributed by atoms with Gasteiger partial charge in [-0.05, 0) is 33.1 Å². The molecule has 0 radical (unpaired) electrons. The summed E-state index contributed by atoms with van der Waals surface area (Å²) in [5.74, 6) is -3.24. The Kier molecular flexibility index (Phi) is 8.43. The number of fused-ring (bicyclic) bond motifs is 1. The van der Waals surface area contributed by atoms with Crippen LogP contribution in [0.1, 0.15) is 51.7 Å². The van der Waals surface area contributed by atoms with E-state index in [0.717, 1.165) is 12.1 Å². The smallest absolute Gasteiger partial charge is 0.410 e. The van der Waals surface area contributed by atoms with E-state index >= 15 is 0 Å². The van der Waals surface area contributed by atoms with Crippen LogP contribution < -0.4 is 0 Å². The highest BCUT2D eigenvalue weighted by molar-refractivity contribution is 5.94. The van der Waals surface area contributed by atoms with Crippen LogP contribution in [0.15, 0.2) is 12.1 Å². The van der Waals surface area contributed by atoms with Gasteiger partial charge in [0.25, 0.3) is 5.91 Å². The first-order valence-corrected chi connectivity index (χ1v) is 13.3. The van der Waals surface area contributed by atoms with Crippen molar-refractivity contribution < 1.29 is 32.6 Å². The second kappa shape index (κ2) is 11.4. The highest BCUT2D eigenvalue weighted by Crippen LogP contribution is 2.27. The number of carbonyl (C=O) groups excluding carboxylic acids is 3. The van der Waals surface area contributed by atoms with Gasteiger partial charge in [0.15, 0.2) is 17.5 Å². The van der Waals surface area contributed by atoms with Gasteiger partial charge < -0.3 is 29.2 Å². The number of nitrogens with zero attached hydrogens (tertiary/aromatic N) is 4. The summed E-state index contributed by atoms with van der Waals surface area (Å²) in [4.78, 5) is 52.3. The van der Waals surface area contributed by atoms with Crippen molar-refractivity contribution in [3.8, 4) is 0 Å². The summed E-state index contributed by atoms with van der Waals surface area (Å²) in [6, 6.07) is 1.38. The zero-order valence-corrected chi connectivity index (χ0v) is 23.1. The highest BCUT2D eigenvalue weighted by Gasteiger charge is 2.41. The second-order valence-electron chi connectivity index (χ2n) is 11.6. The van der Waals surface area contributed by atoms with Crippen LogP contribution in [0, 0.1) is 23.5 Å². The van der Waals surface area contributed by atoms with E-state index in [4.69, 9.17) is 9.47 Å². The summed E-state index contributed by atoms with van der Waals surface area (Å²) in [7, 11) is 0. The zero-order valence-electron chi connectivity index (χ0n) is 23.1. The van der Waals surface area contributed by atoms with Crippen molar-refractivity contribution in [3.05, 3.63) is 29.6 Å². The van der Waals surface area contributed by atoms with Gasteiger partial charge >= 0.3 is 6.09 Å². The Morgan fingerprint density at radius 2 is 1.79 bits per heavy atom. The Hall–Kier alpha value is -3.28. The number of benzene rings is 1. The van der Waals surface area contributed by atoms with Crippen LogP contribution >= 0.6 is 0 Å². The lowest BCUT2D eigenvalue weighted by Gasteiger charge is -2.44. The van der Waals surface area contributed by atoms with E-state index in [2.05, 4.69) is 9.97 Å². The minimum atomic E-state index is -1.06. The predicted octanol–water partition coefficient (Wildman–Crippen LogP) is 3.42. The minimum absolute atomic E-state index is 0.0542. The molecule has 2 fully saturated rings. The van der Waals surface area contributed by atoms with Gasteiger partial charge in [-0.2, -0.15) is 0 Å². The Morgan fingerprint density at radius 1 is 1.13 bits per heavy atom. The summed E-state index contributed by atoms with van der Waals surface area (Å²) in [5.41, 5.74) is -0.415. The Bertz CT molecular complexity index is 1180. The highest BCUT2D eigenvalue weighted by atomic mass is 19.2. The third-order valence-electron chi connectivity index (χ3n) is 6.74. The zero-order chi connectivity index (χ0) is 28.5. The third kappa shape index (κ3) is 6.84. The molecule has 3 heterocycles. The number of aromatic amines is 1. The molecule has 0 aliphatic carbocycles. The summed E-state index contributed by atoms with van der Waals surface area (Å²) >= 11 is 0. The molecular weight excluding hydrogens is 512 g/mol. The number of aromatic nitrogens is 2. The van der Waals surface area contributed by atoms with E-state index in [-0.39, 0.29) is 41.8 Å². The molecule has 2 saturated heterocycles. The lowest BCUT2D eigenvalue weighted by molar-refractivity contribution is -0.142. The Labute approximate surface area is 226 Å². The maximum absolute atomic E-state index is 13.8. The first kappa shape index (κ1) is 28.7. The summed E-state index contributed by atoms with van der Waals surface area (Å²) < 4.78 is 38.6. The molecule has 12 heteroatoms. The maximum atomic E-state index is 13.8. The Morgan fingerprint density at radius 3 is 2.44 bits per heavy atom. The number of likely N-dealkylation sites (tertiary alicyclic amines) is 1. The monoisotopic (exact) mass is 549 g/mol. The molecule has 2 aliphatic rings. The number of imidazole rings is 1. The molecule has 0 unspecified atom stereocenters. The van der Waals surface area contributed by atoms with E-state index in [1.54, 1.807) is 30.6 Å². The van der Waals surface area contributed by atoms with E-state index in [1.807, 2.05) is 13.8 Å². The fourth-order valence-corrected chi connectivity index (χ4v) is 5.03. The van der Waals surface area contributed by atoms with Gasteiger partial charge in [-0.3, -0.25) is 9.59 Å². The number of ether oxygens (including phenoxy) is 2. The fraction of sp³-hybridized carbons (Fsp3) is 0.630. The molecule has 1 aromatic heterocycles. The second-order valence-corrected chi connectivity index (χ2v) is 11.6. The molecule has 2 atom stereocenters. The van der Waals surface area contributed by atoms with Crippen LogP contribution in [0.4, 0.5) is 13.6 Å². The lowest BCUT2D eigenvalue weighted by atomic mass is 9.91. The Balaban J connectivity index is 1.65. The fourth-order valence-electron chi connectivity index (χ4n) is 5.03. The van der Waals surface area contributed by atoms with E-state index in [1.165, 1.54) is 4.90 Å². The van der Waals surface area contributed by atoms with E-state index in [0.29, 0.717) is 39.3 Å². The van der Waals surface area contributed by atoms with Crippen LogP contribution in [-0.4, -0.2) is 100 Å². The molecule has 10 nitrogen and oxygen atoms in total. The van der Waals surface area contributed by atoms with Crippen molar-refractivity contribution in [3.63, 3.8) is 0 Å². The first-order valence-electron chi connectivity index (χ1n) is 13.3. The predicted molar refractivity (Wildman–Crippen MR) is 139 cm³/mol. The number of amides is 3. The number of hydrogen-bond donors (Lipinski definition) is 1. The first-order chi connectivity index (χ1) is 18.3. The SMILES string of the molecule is CC(C)CN(C(=O)c1nc2cc(F)c(F)cc2[nH]1)[C@H]1C[C@@H](C(=O)N2CCOCC2)CN(C(=O)OC(C)(C)C)C1. The normalized spacial score (nSPS) is 20.4. The molecule has 2 aliphatic heterocycles. The molecule has 3 amide bonds. The molecule has 39 heavy (non-hydrogen) atoms. The number of hydrogen-bond acceptors (Lipinski definition) is 6. The van der Waals surface area contributed by atoms with Crippen LogP contribution in [-0.2, 0) is 14.3 Å². The average Bonchev–Trinajstić information content (AvgIpc) is 3.28. The van der Waals surface area contributed by atoms with Gasteiger partial charge in [0.2, 0.25) is 5.91 Å². The van der Waals surface area contributed by atoms with Crippen molar-refractivity contribution in [2.45, 2.75) is 52.7 Å². The van der Waals surface area contributed by atoms with Gasteiger partial charge in [-0.25, -0.2) is 18.6 Å². The van der Waals surface area contributed by atoms with Crippen molar-refractivity contribution in [2.75, 3.05) is 45.9 Å². The number of piperidine rings is 1. The molecule has 0 saturated carbocycles. The minimum Gasteiger partial charge on any atom is -0.444 e. The van der Waals surface area contributed by atoms with Crippen molar-refractivity contribution >= 4 is 28.9 Å². The standard InChI is InChI=1S/C27H37F2N5O5/c1-16(2)13-34(25(36)23-30-21-11-19(28)20(29)12-22(21)31-23)18-10-17(24(35)32-6-8-38-9-7-32)14-33(15-18)26(37)39-27(3,4)5/h11-12,16-18H,6-10,13-15H2,1-5H3,(H,30,31)/t17-,18+/m1/s1. The van der Waals surface area contributed by atoms with Crippen LogP contribution in [0.2, 0.25) is 0 Å². The molecule has 1 N–H and O–H groups in total. The average molecular weight is 550 g/mol. The van der Waals surface area contributed by atoms with Crippen molar-refractivity contribution in [1.82, 2.24) is 24.7 Å². The van der Waals surface area contributed by atoms with Crippen LogP contribution in [0.5, 0.6) is 0 Å². The van der Waals surface area contributed by atoms with E-state index in [9.17, 15) is 23.2 Å². The number of carbonyl (C=O) groups is 3. The quantitative estimate of drug-likeness (QED) is 0.613. The lowest BCUT2D eigenvalue weighted by Crippen LogP contribution is -2.58. The van der Waals surface area contributed by atoms with E-state index < -0.39 is 41.2 Å². The van der Waals surface area contributed by atoms with Gasteiger partial charge in [0.05, 0.1) is 36.2 Å². The molecular formula is C27H37F2N5O5. The maximum Gasteiger partial charge on any atom is 0.410 e. The molecule has 214 valence electrons. The topological polar surface area (TPSA) is 108 Å². The number of halogens is 2. The summed E-state index contributed by atoms with van der Waals surface area (Å²) in [6.07, 6.45) is -0.212. The van der Waals surface area contributed by atoms with Gasteiger partial charge in [-0.15, -0.1) is 0 Å². The van der Waals surface area contributed by atoms with Crippen LogP contribution in [0.3, 0.4) is 0 Å². The number of morpholine rings is 1. The van der Waals surface area contributed by atoms with Gasteiger partial charge in [0.1, 0.15) is 5.60 Å². The number of nitrogens with one attached hydrogen (secondary N) is 1. The van der Waals surface area contributed by atoms with Gasteiger partial charge in [0, 0.05) is 44.9 Å². The molecule has 0 bridgehead atoms. The summed E-state index contributed by atoms with van der Waals surface area (Å²) in [5, 5.41) is 0. The van der Waals surface area contributed by atoms with Gasteiger partial charge in [-0.1, -0.05) is 13.8 Å². The molecule has 2 aromatic rings. The van der Waals surface area contributed by atoms with Crippen LogP contribution in [0.25, 0.3) is 11.0 Å². The number of H-pyrrole nitrogens is 1. The molecule has 4 rings (SSSR count). The van der Waals surface area contributed by atoms with Crippen molar-refractivity contribution in [2.24, 2.45) is 11.8 Å². The third-order valence-corrected chi connectivity index (χ3v) is 6.74. The molecule has 1 aromatic carbocycles. The number of rotatable bonds is 5. The molecule has 0 spiro atoms.